The van der Waals surface area contributed by atoms with E-state index in [1.807, 2.05) is 6.92 Å². The van der Waals surface area contributed by atoms with Crippen LogP contribution in [0.25, 0.3) is 0 Å². The lowest BCUT2D eigenvalue weighted by Crippen LogP contribution is -2.47. The van der Waals surface area contributed by atoms with Crippen LogP contribution < -0.4 is 5.32 Å². The van der Waals surface area contributed by atoms with Crippen molar-refractivity contribution in [3.63, 3.8) is 0 Å². The third kappa shape index (κ3) is 4.52. The van der Waals surface area contributed by atoms with Crippen molar-refractivity contribution in [2.45, 2.75) is 51.1 Å². The number of aliphatic carboxylic acids is 1. The van der Waals surface area contributed by atoms with Crippen molar-refractivity contribution in [1.29, 1.82) is 0 Å². The zero-order valence-electron chi connectivity index (χ0n) is 10.8. The molecule has 0 aromatic rings. The summed E-state index contributed by atoms with van der Waals surface area (Å²) < 4.78 is 0. The van der Waals surface area contributed by atoms with Crippen molar-refractivity contribution in [2.24, 2.45) is 0 Å². The maximum Gasteiger partial charge on any atom is 0.317 e. The molecular formula is C12H22N2O4. The first-order chi connectivity index (χ1) is 8.54. The molecule has 2 atom stereocenters. The highest BCUT2D eigenvalue weighted by atomic mass is 16.4. The van der Waals surface area contributed by atoms with Gasteiger partial charge in [-0.3, -0.25) is 4.79 Å². The lowest BCUT2D eigenvalue weighted by molar-refractivity contribution is -0.137. The molecule has 18 heavy (non-hydrogen) atoms. The van der Waals surface area contributed by atoms with E-state index in [4.69, 9.17) is 10.2 Å². The highest BCUT2D eigenvalue weighted by Gasteiger charge is 2.28. The van der Waals surface area contributed by atoms with E-state index >= 15 is 0 Å². The number of carbonyl (C=O) groups is 2. The summed E-state index contributed by atoms with van der Waals surface area (Å²) in [5.41, 5.74) is 0. The number of carbonyl (C=O) groups excluding carboxylic acids is 1. The average Bonchev–Trinajstić information content (AvgIpc) is 2.76. The molecule has 1 heterocycles. The molecule has 0 aliphatic carbocycles. The quantitative estimate of drug-likeness (QED) is 0.657. The monoisotopic (exact) mass is 258 g/mol. The van der Waals surface area contributed by atoms with Gasteiger partial charge in [-0.25, -0.2) is 4.79 Å². The Morgan fingerprint density at radius 3 is 2.83 bits per heavy atom. The second kappa shape index (κ2) is 7.20. The Labute approximate surface area is 107 Å². The largest absolute Gasteiger partial charge is 0.481 e. The lowest BCUT2D eigenvalue weighted by Gasteiger charge is -2.25. The molecule has 2 unspecified atom stereocenters. The van der Waals surface area contributed by atoms with Crippen LogP contribution in [0, 0.1) is 0 Å². The molecule has 3 N–H and O–H groups in total. The molecule has 6 nitrogen and oxygen atoms in total. The number of hydrogen-bond donors (Lipinski definition) is 3. The van der Waals surface area contributed by atoms with Gasteiger partial charge in [-0.15, -0.1) is 0 Å². The van der Waals surface area contributed by atoms with E-state index in [9.17, 15) is 9.59 Å². The lowest BCUT2D eigenvalue weighted by atomic mass is 10.1. The average molecular weight is 258 g/mol. The van der Waals surface area contributed by atoms with Crippen LogP contribution in [0.2, 0.25) is 0 Å². The van der Waals surface area contributed by atoms with Gasteiger partial charge in [0.05, 0.1) is 12.6 Å². The van der Waals surface area contributed by atoms with E-state index in [2.05, 4.69) is 5.32 Å². The van der Waals surface area contributed by atoms with Crippen LogP contribution in [0.15, 0.2) is 0 Å². The number of aliphatic hydroxyl groups excluding tert-OH is 1. The number of aliphatic hydroxyl groups is 1. The van der Waals surface area contributed by atoms with Gasteiger partial charge in [-0.2, -0.15) is 0 Å². The first-order valence-corrected chi connectivity index (χ1v) is 6.44. The topological polar surface area (TPSA) is 89.9 Å². The van der Waals surface area contributed by atoms with Gasteiger partial charge in [0, 0.05) is 19.0 Å². The summed E-state index contributed by atoms with van der Waals surface area (Å²) in [7, 11) is 0. The SMILES string of the molecule is CC(CCCC(=O)O)NC(=O)N1CCCC1CO. The molecule has 1 fully saturated rings. The van der Waals surface area contributed by atoms with Crippen molar-refractivity contribution in [2.75, 3.05) is 13.2 Å². The molecule has 0 aromatic heterocycles. The number of amides is 2. The van der Waals surface area contributed by atoms with Gasteiger partial charge in [0.2, 0.25) is 0 Å². The zero-order valence-corrected chi connectivity index (χ0v) is 10.8. The smallest absolute Gasteiger partial charge is 0.317 e. The Morgan fingerprint density at radius 2 is 2.22 bits per heavy atom. The van der Waals surface area contributed by atoms with Gasteiger partial charge in [-0.1, -0.05) is 0 Å². The van der Waals surface area contributed by atoms with Crippen LogP contribution in [0.3, 0.4) is 0 Å². The Morgan fingerprint density at radius 1 is 1.50 bits per heavy atom. The first kappa shape index (κ1) is 14.8. The second-order valence-corrected chi connectivity index (χ2v) is 4.81. The van der Waals surface area contributed by atoms with Crippen LogP contribution in [0.5, 0.6) is 0 Å². The summed E-state index contributed by atoms with van der Waals surface area (Å²) in [5.74, 6) is -0.812. The highest BCUT2D eigenvalue weighted by molar-refractivity contribution is 5.75. The normalized spacial score (nSPS) is 20.8. The van der Waals surface area contributed by atoms with Crippen LogP contribution in [-0.2, 0) is 4.79 Å². The van der Waals surface area contributed by atoms with Gasteiger partial charge >= 0.3 is 12.0 Å². The molecular weight excluding hydrogens is 236 g/mol. The minimum atomic E-state index is -0.812. The molecule has 0 spiro atoms. The number of carboxylic acids is 1. The minimum absolute atomic E-state index is 0.000809. The van der Waals surface area contributed by atoms with Crippen LogP contribution in [0.4, 0.5) is 4.79 Å². The van der Waals surface area contributed by atoms with Crippen molar-refractivity contribution in [3.05, 3.63) is 0 Å². The summed E-state index contributed by atoms with van der Waals surface area (Å²) in [4.78, 5) is 23.9. The van der Waals surface area contributed by atoms with E-state index in [1.165, 1.54) is 0 Å². The fraction of sp³-hybridized carbons (Fsp3) is 0.833. The second-order valence-electron chi connectivity index (χ2n) is 4.81. The summed E-state index contributed by atoms with van der Waals surface area (Å²) in [6.45, 7) is 2.55. The van der Waals surface area contributed by atoms with Crippen molar-refractivity contribution in [3.8, 4) is 0 Å². The highest BCUT2D eigenvalue weighted by Crippen LogP contribution is 2.16. The van der Waals surface area contributed by atoms with E-state index in [0.29, 0.717) is 19.4 Å². The van der Waals surface area contributed by atoms with Gasteiger partial charge in [0.15, 0.2) is 0 Å². The van der Waals surface area contributed by atoms with Crippen molar-refractivity contribution >= 4 is 12.0 Å². The first-order valence-electron chi connectivity index (χ1n) is 6.44. The minimum Gasteiger partial charge on any atom is -0.481 e. The van der Waals surface area contributed by atoms with E-state index in [0.717, 1.165) is 12.8 Å². The zero-order chi connectivity index (χ0) is 13.5. The number of urea groups is 1. The van der Waals surface area contributed by atoms with Crippen LogP contribution >= 0.6 is 0 Å². The summed E-state index contributed by atoms with van der Waals surface area (Å²) in [5, 5.41) is 20.5. The fourth-order valence-corrected chi connectivity index (χ4v) is 2.22. The molecule has 1 aliphatic rings. The van der Waals surface area contributed by atoms with E-state index in [1.54, 1.807) is 4.90 Å². The molecule has 1 rings (SSSR count). The number of hydrogen-bond acceptors (Lipinski definition) is 3. The molecule has 1 saturated heterocycles. The Kier molecular flexibility index (Phi) is 5.91. The van der Waals surface area contributed by atoms with Crippen molar-refractivity contribution in [1.82, 2.24) is 10.2 Å². The molecule has 0 aromatic carbocycles. The predicted molar refractivity (Wildman–Crippen MR) is 66.3 cm³/mol. The number of nitrogens with zero attached hydrogens (tertiary/aromatic N) is 1. The van der Waals surface area contributed by atoms with E-state index < -0.39 is 5.97 Å². The Balaban J connectivity index is 2.28. The summed E-state index contributed by atoms with van der Waals surface area (Å²) in [6.07, 6.45) is 3.10. The molecule has 0 saturated carbocycles. The molecule has 0 bridgehead atoms. The predicted octanol–water partition coefficient (Wildman–Crippen LogP) is 0.796. The van der Waals surface area contributed by atoms with Gasteiger partial charge in [0.1, 0.15) is 0 Å². The van der Waals surface area contributed by atoms with E-state index in [-0.39, 0.29) is 31.1 Å². The van der Waals surface area contributed by atoms with Gasteiger partial charge in [-0.05, 0) is 32.6 Å². The molecule has 2 amide bonds. The van der Waals surface area contributed by atoms with Crippen LogP contribution in [0.1, 0.15) is 39.0 Å². The van der Waals surface area contributed by atoms with Crippen molar-refractivity contribution < 1.29 is 19.8 Å². The third-order valence-electron chi connectivity index (χ3n) is 3.25. The number of nitrogens with one attached hydrogen (secondary N) is 1. The Bertz CT molecular complexity index is 296. The fourth-order valence-electron chi connectivity index (χ4n) is 2.22. The maximum absolute atomic E-state index is 11.9. The standard InChI is InChI=1S/C12H22N2O4/c1-9(4-2-6-11(16)17)13-12(18)14-7-3-5-10(14)8-15/h9-10,15H,2-8H2,1H3,(H,13,18)(H,16,17). The maximum atomic E-state index is 11.9. The number of rotatable bonds is 6. The molecule has 104 valence electrons. The van der Waals surface area contributed by atoms with Gasteiger partial charge < -0.3 is 20.4 Å². The van der Waals surface area contributed by atoms with Gasteiger partial charge in [0.25, 0.3) is 0 Å². The number of carboxylic acid groups (broad SMARTS) is 1. The number of likely N-dealkylation sites (tertiary alicyclic amines) is 1. The Hall–Kier alpha value is -1.30. The summed E-state index contributed by atoms with van der Waals surface area (Å²) >= 11 is 0. The van der Waals surface area contributed by atoms with Crippen LogP contribution in [-0.4, -0.2) is 52.3 Å². The summed E-state index contributed by atoms with van der Waals surface area (Å²) in [6, 6.07) is -0.276. The molecule has 1 aliphatic heterocycles. The molecule has 0 radical (unpaired) electrons. The molecule has 6 heteroatoms. The third-order valence-corrected chi connectivity index (χ3v) is 3.25.